The van der Waals surface area contributed by atoms with E-state index in [4.69, 9.17) is 0 Å². The van der Waals surface area contributed by atoms with Crippen LogP contribution in [0, 0.1) is 5.92 Å². The average molecular weight is 362 g/mol. The van der Waals surface area contributed by atoms with Crippen molar-refractivity contribution in [1.82, 2.24) is 9.47 Å². The number of piperidine rings is 1. The number of likely N-dealkylation sites (tertiary alicyclic amines) is 1. The van der Waals surface area contributed by atoms with Gasteiger partial charge in [0.05, 0.1) is 6.42 Å². The molecule has 2 aliphatic rings. The van der Waals surface area contributed by atoms with Crippen molar-refractivity contribution in [2.75, 3.05) is 19.6 Å². The number of nitrogens with zero attached hydrogens (tertiary/aromatic N) is 2. The molecule has 138 valence electrons. The molecule has 1 aromatic heterocycles. The van der Waals surface area contributed by atoms with Gasteiger partial charge in [-0.15, -0.1) is 0 Å². The minimum absolute atomic E-state index is 0.0141. The summed E-state index contributed by atoms with van der Waals surface area (Å²) in [7, 11) is 0. The summed E-state index contributed by atoms with van der Waals surface area (Å²) in [5.41, 5.74) is 2.82. The second-order valence-corrected chi connectivity index (χ2v) is 7.41. The van der Waals surface area contributed by atoms with Gasteiger partial charge in [-0.25, -0.2) is 0 Å². The topological polar surface area (TPSA) is 25.2 Å². The first-order valence-electron chi connectivity index (χ1n) is 8.98. The molecule has 4 rings (SSSR count). The Bertz CT molecular complexity index is 844. The molecule has 2 bridgehead atoms. The van der Waals surface area contributed by atoms with Crippen LogP contribution in [-0.2, 0) is 6.54 Å². The molecule has 0 N–H and O–H groups in total. The lowest BCUT2D eigenvalue weighted by Crippen LogP contribution is -2.47. The smallest absolute Gasteiger partial charge is 0.312 e. The van der Waals surface area contributed by atoms with Crippen LogP contribution in [0.25, 0.3) is 11.1 Å². The molecular formula is C20H21F3N2O. The van der Waals surface area contributed by atoms with Crippen molar-refractivity contribution in [3.63, 3.8) is 0 Å². The Labute approximate surface area is 150 Å². The van der Waals surface area contributed by atoms with E-state index in [1.807, 2.05) is 45.9 Å². The van der Waals surface area contributed by atoms with Gasteiger partial charge in [-0.2, -0.15) is 13.2 Å². The highest BCUT2D eigenvalue weighted by Crippen LogP contribution is 2.37. The van der Waals surface area contributed by atoms with Crippen LogP contribution < -0.4 is 5.56 Å². The zero-order chi connectivity index (χ0) is 18.3. The molecule has 26 heavy (non-hydrogen) atoms. The fraction of sp³-hybridized carbons (Fsp3) is 0.450. The molecule has 1 aromatic carbocycles. The quantitative estimate of drug-likeness (QED) is 0.828. The molecular weight excluding hydrogens is 341 g/mol. The molecule has 2 atom stereocenters. The van der Waals surface area contributed by atoms with Crippen molar-refractivity contribution >= 4 is 0 Å². The molecule has 0 spiro atoms. The van der Waals surface area contributed by atoms with Crippen LogP contribution in [-0.4, -0.2) is 35.3 Å². The molecule has 0 radical (unpaired) electrons. The second kappa shape index (κ2) is 6.58. The summed E-state index contributed by atoms with van der Waals surface area (Å²) in [6.07, 6.45) is -3.95. The number of benzene rings is 1. The van der Waals surface area contributed by atoms with Gasteiger partial charge in [0.2, 0.25) is 0 Å². The van der Waals surface area contributed by atoms with E-state index in [1.165, 1.54) is 0 Å². The van der Waals surface area contributed by atoms with Gasteiger partial charge < -0.3 is 9.47 Å². The molecule has 1 saturated heterocycles. The Morgan fingerprint density at radius 3 is 2.50 bits per heavy atom. The van der Waals surface area contributed by atoms with Crippen molar-refractivity contribution < 1.29 is 13.2 Å². The molecule has 0 saturated carbocycles. The van der Waals surface area contributed by atoms with Gasteiger partial charge in [0.15, 0.2) is 0 Å². The zero-order valence-corrected chi connectivity index (χ0v) is 14.4. The molecule has 2 aromatic rings. The van der Waals surface area contributed by atoms with E-state index in [0.717, 1.165) is 23.2 Å². The Morgan fingerprint density at radius 2 is 1.77 bits per heavy atom. The molecule has 1 fully saturated rings. The number of hydrogen-bond donors (Lipinski definition) is 0. The number of rotatable bonds is 3. The van der Waals surface area contributed by atoms with Crippen LogP contribution in [0.1, 0.15) is 24.5 Å². The highest BCUT2D eigenvalue weighted by molar-refractivity contribution is 5.63. The van der Waals surface area contributed by atoms with Crippen molar-refractivity contribution in [3.05, 3.63) is 58.5 Å². The van der Waals surface area contributed by atoms with Crippen molar-refractivity contribution in [3.8, 4) is 11.1 Å². The summed E-state index contributed by atoms with van der Waals surface area (Å²) in [4.78, 5) is 14.5. The largest absolute Gasteiger partial charge is 0.390 e. The Kier molecular flexibility index (Phi) is 4.39. The minimum atomic E-state index is -4.12. The second-order valence-electron chi connectivity index (χ2n) is 7.41. The summed E-state index contributed by atoms with van der Waals surface area (Å²) < 4.78 is 39.5. The van der Waals surface area contributed by atoms with E-state index >= 15 is 0 Å². The Morgan fingerprint density at radius 1 is 1.00 bits per heavy atom. The monoisotopic (exact) mass is 362 g/mol. The molecule has 0 aliphatic carbocycles. The molecule has 0 amide bonds. The number of pyridine rings is 1. The third-order valence-corrected chi connectivity index (χ3v) is 5.45. The Hall–Kier alpha value is -2.08. The maximum Gasteiger partial charge on any atom is 0.390 e. The third kappa shape index (κ3) is 3.56. The summed E-state index contributed by atoms with van der Waals surface area (Å²) in [5.74, 6) is 0.363. The lowest BCUT2D eigenvalue weighted by atomic mass is 9.82. The van der Waals surface area contributed by atoms with Crippen LogP contribution in [0.5, 0.6) is 0 Å². The number of alkyl halides is 3. The van der Waals surface area contributed by atoms with E-state index in [-0.39, 0.29) is 23.9 Å². The van der Waals surface area contributed by atoms with Gasteiger partial charge in [0.25, 0.3) is 5.56 Å². The van der Waals surface area contributed by atoms with E-state index in [1.54, 1.807) is 6.07 Å². The molecule has 2 aliphatic heterocycles. The van der Waals surface area contributed by atoms with Crippen molar-refractivity contribution in [2.24, 2.45) is 5.92 Å². The van der Waals surface area contributed by atoms with Crippen LogP contribution in [0.3, 0.4) is 0 Å². The van der Waals surface area contributed by atoms with Crippen molar-refractivity contribution in [1.29, 1.82) is 0 Å². The standard InChI is InChI=1S/C20H21F3N2O/c21-20(22,23)6-7-24-11-14-8-17(13-24)18-9-16(10-19(26)25(18)12-14)15-4-2-1-3-5-15/h1-5,9-10,14,17H,6-8,11-13H2/t14-,17+/m0/s1. The number of hydrogen-bond acceptors (Lipinski definition) is 2. The van der Waals surface area contributed by atoms with E-state index in [0.29, 0.717) is 19.6 Å². The lowest BCUT2D eigenvalue weighted by Gasteiger charge is -2.43. The van der Waals surface area contributed by atoms with Crippen LogP contribution >= 0.6 is 0 Å². The van der Waals surface area contributed by atoms with Crippen LogP contribution in [0.2, 0.25) is 0 Å². The van der Waals surface area contributed by atoms with Gasteiger partial charge in [0, 0.05) is 43.9 Å². The summed E-state index contributed by atoms with van der Waals surface area (Å²) in [6, 6.07) is 13.4. The summed E-state index contributed by atoms with van der Waals surface area (Å²) in [6.45, 7) is 1.87. The fourth-order valence-electron chi connectivity index (χ4n) is 4.32. The highest BCUT2D eigenvalue weighted by atomic mass is 19.4. The van der Waals surface area contributed by atoms with Gasteiger partial charge in [-0.1, -0.05) is 30.3 Å². The van der Waals surface area contributed by atoms with Gasteiger partial charge in [-0.05, 0) is 29.5 Å². The minimum Gasteiger partial charge on any atom is -0.312 e. The van der Waals surface area contributed by atoms with E-state index < -0.39 is 12.6 Å². The zero-order valence-electron chi connectivity index (χ0n) is 14.4. The maximum atomic E-state index is 12.6. The van der Waals surface area contributed by atoms with E-state index in [9.17, 15) is 18.0 Å². The third-order valence-electron chi connectivity index (χ3n) is 5.45. The SMILES string of the molecule is O=c1cc(-c2ccccc2)cc2n1C[C@H]1C[C@@H]2CN(CCC(F)(F)F)C1. The molecule has 3 heterocycles. The first kappa shape index (κ1) is 17.3. The van der Waals surface area contributed by atoms with Gasteiger partial charge in [0.1, 0.15) is 0 Å². The van der Waals surface area contributed by atoms with Gasteiger partial charge >= 0.3 is 6.18 Å². The highest BCUT2D eigenvalue weighted by Gasteiger charge is 2.36. The molecule has 6 heteroatoms. The first-order chi connectivity index (χ1) is 12.4. The fourth-order valence-corrected chi connectivity index (χ4v) is 4.32. The van der Waals surface area contributed by atoms with E-state index in [2.05, 4.69) is 0 Å². The van der Waals surface area contributed by atoms with Crippen LogP contribution in [0.4, 0.5) is 13.2 Å². The normalized spacial score (nSPS) is 22.9. The lowest BCUT2D eigenvalue weighted by molar-refractivity contribution is -0.139. The number of halogens is 3. The van der Waals surface area contributed by atoms with Crippen molar-refractivity contribution in [2.45, 2.75) is 31.5 Å². The summed E-state index contributed by atoms with van der Waals surface area (Å²) >= 11 is 0. The Balaban J connectivity index is 1.62. The first-order valence-corrected chi connectivity index (χ1v) is 8.98. The molecule has 3 nitrogen and oxygen atoms in total. The van der Waals surface area contributed by atoms with Crippen LogP contribution in [0.15, 0.2) is 47.3 Å². The molecule has 0 unspecified atom stereocenters. The summed E-state index contributed by atoms with van der Waals surface area (Å²) in [5, 5.41) is 0. The maximum absolute atomic E-state index is 12.6. The number of fused-ring (bicyclic) bond motifs is 4. The predicted octanol–water partition coefficient (Wildman–Crippen LogP) is 3.89. The number of aromatic nitrogens is 1. The average Bonchev–Trinajstić information content (AvgIpc) is 2.61. The van der Waals surface area contributed by atoms with Gasteiger partial charge in [-0.3, -0.25) is 4.79 Å². The predicted molar refractivity (Wildman–Crippen MR) is 94.1 cm³/mol.